The van der Waals surface area contributed by atoms with Crippen molar-refractivity contribution in [2.45, 2.75) is 59.3 Å². The van der Waals surface area contributed by atoms with Gasteiger partial charge in [-0.05, 0) is 80.8 Å². The monoisotopic (exact) mass is 354 g/mol. The highest BCUT2D eigenvalue weighted by Crippen LogP contribution is 2.65. The minimum absolute atomic E-state index is 0.0474. The molecule has 0 spiro atoms. The third-order valence-electron chi connectivity index (χ3n) is 7.98. The van der Waals surface area contributed by atoms with Crippen LogP contribution in [0.4, 0.5) is 0 Å². The Morgan fingerprint density at radius 1 is 1.23 bits per heavy atom. The fourth-order valence-corrected chi connectivity index (χ4v) is 6.61. The first-order valence-corrected chi connectivity index (χ1v) is 10.2. The predicted octanol–water partition coefficient (Wildman–Crippen LogP) is 4.78. The van der Waals surface area contributed by atoms with Gasteiger partial charge in [0.05, 0.1) is 6.61 Å². The maximum Gasteiger partial charge on any atom is 0.330 e. The largest absolute Gasteiger partial charge is 0.463 e. The summed E-state index contributed by atoms with van der Waals surface area (Å²) in [5.74, 6) is 1.91. The molecule has 5 atom stereocenters. The number of ketones is 1. The first-order valence-electron chi connectivity index (χ1n) is 10.2. The summed E-state index contributed by atoms with van der Waals surface area (Å²) in [7, 11) is 0. The molecule has 3 saturated carbocycles. The lowest BCUT2D eigenvalue weighted by Crippen LogP contribution is -2.48. The van der Waals surface area contributed by atoms with Crippen LogP contribution in [0.15, 0.2) is 35.5 Å². The summed E-state index contributed by atoms with van der Waals surface area (Å²) in [6.45, 7) is 7.01. The third kappa shape index (κ3) is 2.54. The smallest absolute Gasteiger partial charge is 0.330 e. The lowest BCUT2D eigenvalue weighted by Gasteiger charge is -2.56. The van der Waals surface area contributed by atoms with Gasteiger partial charge in [0, 0.05) is 11.5 Å². The molecule has 0 aliphatic heterocycles. The molecule has 140 valence electrons. The highest BCUT2D eigenvalue weighted by atomic mass is 16.5. The quantitative estimate of drug-likeness (QED) is 0.529. The number of allylic oxidation sites excluding steroid dienone is 5. The zero-order valence-corrected chi connectivity index (χ0v) is 16.2. The van der Waals surface area contributed by atoms with Gasteiger partial charge in [-0.1, -0.05) is 31.1 Å². The van der Waals surface area contributed by atoms with Crippen molar-refractivity contribution in [1.29, 1.82) is 0 Å². The van der Waals surface area contributed by atoms with E-state index in [-0.39, 0.29) is 22.6 Å². The van der Waals surface area contributed by atoms with E-state index in [1.165, 1.54) is 30.4 Å². The van der Waals surface area contributed by atoms with Gasteiger partial charge in [-0.3, -0.25) is 4.79 Å². The fourth-order valence-electron chi connectivity index (χ4n) is 6.61. The van der Waals surface area contributed by atoms with Crippen LogP contribution in [-0.2, 0) is 14.3 Å². The number of hydrogen-bond acceptors (Lipinski definition) is 3. The fraction of sp³-hybridized carbons (Fsp3) is 0.652. The molecule has 0 aromatic carbocycles. The SMILES string of the molecule is CCOC(=O)/C=C1/CC[C@H]2[C@@H]3CCC4=CC(=O)C=C[C@]4(C)[C@H]3CC[C@]12C. The lowest BCUT2D eigenvalue weighted by atomic mass is 9.48. The van der Waals surface area contributed by atoms with Crippen molar-refractivity contribution in [2.75, 3.05) is 6.61 Å². The second-order valence-electron chi connectivity index (χ2n) is 9.02. The minimum atomic E-state index is -0.180. The lowest BCUT2D eigenvalue weighted by molar-refractivity contribution is -0.137. The van der Waals surface area contributed by atoms with Gasteiger partial charge in [0.1, 0.15) is 0 Å². The molecular weight excluding hydrogens is 324 g/mol. The maximum atomic E-state index is 12.0. The number of carbonyl (C=O) groups is 2. The number of carbonyl (C=O) groups excluding carboxylic acids is 2. The Morgan fingerprint density at radius 2 is 2.04 bits per heavy atom. The molecule has 0 aromatic rings. The Bertz CT molecular complexity index is 728. The van der Waals surface area contributed by atoms with E-state index in [0.717, 1.165) is 19.3 Å². The number of rotatable bonds is 2. The Balaban J connectivity index is 1.62. The van der Waals surface area contributed by atoms with Crippen molar-refractivity contribution in [3.05, 3.63) is 35.5 Å². The van der Waals surface area contributed by atoms with Gasteiger partial charge < -0.3 is 4.74 Å². The van der Waals surface area contributed by atoms with Crippen molar-refractivity contribution in [2.24, 2.45) is 28.6 Å². The minimum Gasteiger partial charge on any atom is -0.463 e. The second kappa shape index (κ2) is 6.21. The van der Waals surface area contributed by atoms with Gasteiger partial charge in [-0.2, -0.15) is 0 Å². The summed E-state index contributed by atoms with van der Waals surface area (Å²) in [4.78, 5) is 23.9. The van der Waals surface area contributed by atoms with E-state index in [2.05, 4.69) is 19.9 Å². The average molecular weight is 354 g/mol. The van der Waals surface area contributed by atoms with Crippen LogP contribution >= 0.6 is 0 Å². The van der Waals surface area contributed by atoms with E-state index in [1.807, 2.05) is 13.0 Å². The number of hydrogen-bond donors (Lipinski definition) is 0. The highest BCUT2D eigenvalue weighted by Gasteiger charge is 2.57. The molecule has 4 rings (SSSR count). The van der Waals surface area contributed by atoms with Gasteiger partial charge in [0.25, 0.3) is 0 Å². The summed E-state index contributed by atoms with van der Waals surface area (Å²) in [5.41, 5.74) is 2.83. The molecule has 0 aromatic heterocycles. The summed E-state index contributed by atoms with van der Waals surface area (Å²) < 4.78 is 5.17. The van der Waals surface area contributed by atoms with Crippen LogP contribution in [0.2, 0.25) is 0 Å². The van der Waals surface area contributed by atoms with Crippen molar-refractivity contribution in [3.8, 4) is 0 Å². The van der Waals surface area contributed by atoms with Gasteiger partial charge in [-0.15, -0.1) is 0 Å². The molecule has 0 bridgehead atoms. The van der Waals surface area contributed by atoms with Crippen LogP contribution in [0.25, 0.3) is 0 Å². The molecule has 4 aliphatic carbocycles. The van der Waals surface area contributed by atoms with E-state index in [9.17, 15) is 9.59 Å². The maximum absolute atomic E-state index is 12.0. The first-order chi connectivity index (χ1) is 12.4. The van der Waals surface area contributed by atoms with Crippen LogP contribution in [0.3, 0.4) is 0 Å². The standard InChI is InChI=1S/C23H30O3/c1-4-26-21(25)14-16-6-8-19-18-7-5-15-13-17(24)9-11-22(15,2)20(18)10-12-23(16,19)3/h9,11,13-14,18-20H,4-8,10,12H2,1-3H3/b16-14-/t18-,19-,20-,22-,23+/m0/s1. The zero-order valence-electron chi connectivity index (χ0n) is 16.2. The molecule has 3 nitrogen and oxygen atoms in total. The molecule has 3 fully saturated rings. The van der Waals surface area contributed by atoms with E-state index < -0.39 is 0 Å². The Morgan fingerprint density at radius 3 is 2.81 bits per heavy atom. The van der Waals surface area contributed by atoms with Gasteiger partial charge >= 0.3 is 5.97 Å². The molecule has 0 heterocycles. The highest BCUT2D eigenvalue weighted by molar-refractivity contribution is 6.01. The molecule has 0 N–H and O–H groups in total. The van der Waals surface area contributed by atoms with Gasteiger partial charge in [0.2, 0.25) is 0 Å². The van der Waals surface area contributed by atoms with Crippen molar-refractivity contribution < 1.29 is 14.3 Å². The van der Waals surface area contributed by atoms with E-state index >= 15 is 0 Å². The second-order valence-corrected chi connectivity index (χ2v) is 9.02. The predicted molar refractivity (Wildman–Crippen MR) is 101 cm³/mol. The van der Waals surface area contributed by atoms with E-state index in [1.54, 1.807) is 12.2 Å². The topological polar surface area (TPSA) is 43.4 Å². The molecule has 0 radical (unpaired) electrons. The number of fused-ring (bicyclic) bond motifs is 5. The van der Waals surface area contributed by atoms with Crippen LogP contribution < -0.4 is 0 Å². The zero-order chi connectivity index (χ0) is 18.5. The number of ether oxygens (including phenoxy) is 1. The first kappa shape index (κ1) is 17.8. The Hall–Kier alpha value is -1.64. The summed E-state index contributed by atoms with van der Waals surface area (Å²) in [5, 5.41) is 0. The van der Waals surface area contributed by atoms with Crippen LogP contribution in [0.5, 0.6) is 0 Å². The summed E-state index contributed by atoms with van der Waals surface area (Å²) >= 11 is 0. The molecule has 0 unspecified atom stereocenters. The van der Waals surface area contributed by atoms with Crippen LogP contribution in [0, 0.1) is 28.6 Å². The normalized spacial score (nSPS) is 42.7. The Kier molecular flexibility index (Phi) is 4.24. The van der Waals surface area contributed by atoms with Crippen LogP contribution in [0.1, 0.15) is 59.3 Å². The van der Waals surface area contributed by atoms with Crippen molar-refractivity contribution in [1.82, 2.24) is 0 Å². The molecule has 26 heavy (non-hydrogen) atoms. The van der Waals surface area contributed by atoms with E-state index in [4.69, 9.17) is 4.74 Å². The molecule has 4 aliphatic rings. The van der Waals surface area contributed by atoms with Gasteiger partial charge in [0.15, 0.2) is 5.78 Å². The molecule has 0 saturated heterocycles. The van der Waals surface area contributed by atoms with E-state index in [0.29, 0.717) is 24.4 Å². The summed E-state index contributed by atoms with van der Waals surface area (Å²) in [6, 6.07) is 0. The van der Waals surface area contributed by atoms with Gasteiger partial charge in [-0.25, -0.2) is 4.79 Å². The molecule has 0 amide bonds. The summed E-state index contributed by atoms with van der Waals surface area (Å²) in [6.07, 6.45) is 14.4. The van der Waals surface area contributed by atoms with Crippen LogP contribution in [-0.4, -0.2) is 18.4 Å². The third-order valence-corrected chi connectivity index (χ3v) is 7.98. The Labute approximate surface area is 156 Å². The van der Waals surface area contributed by atoms with Crippen molar-refractivity contribution >= 4 is 11.8 Å². The average Bonchev–Trinajstić information content (AvgIpc) is 2.92. The van der Waals surface area contributed by atoms with Crippen molar-refractivity contribution in [3.63, 3.8) is 0 Å². The molecular formula is C23H30O3. The number of esters is 1. The molecule has 3 heteroatoms.